The predicted molar refractivity (Wildman–Crippen MR) is 172 cm³/mol. The van der Waals surface area contributed by atoms with Crippen LogP contribution < -0.4 is 10.1 Å². The zero-order valence-corrected chi connectivity index (χ0v) is 31.2. The number of nitrogens with zero attached hydrogens (tertiary/aromatic N) is 2. The number of nitrogens with one attached hydrogen (secondary N) is 1. The van der Waals surface area contributed by atoms with Gasteiger partial charge in [0.15, 0.2) is 11.5 Å². The van der Waals surface area contributed by atoms with Gasteiger partial charge in [0, 0.05) is 71.4 Å². The first kappa shape index (κ1) is 38.8. The Kier molecular flexibility index (Phi) is 13.0. The topological polar surface area (TPSA) is 192 Å². The molecule has 0 aliphatic carbocycles. The first-order valence-corrected chi connectivity index (χ1v) is 15.7. The zero-order chi connectivity index (χ0) is 31.7. The fraction of sp³-hybridized carbons (Fsp3) is 0.207. The van der Waals surface area contributed by atoms with E-state index < -0.39 is 47.4 Å². The molecule has 0 atom stereocenters. The SMILES string of the molecule is CCC(C)(C)c1ccc(Oc2ccccc2N=Nc2c(S(=O)(=O)O)cc3cc(S(=O)(=O)O)cc(NC(C)=O)c3c2O)cc1.[Na].[Na]. The Balaban J connectivity index is 0.00000353. The van der Waals surface area contributed by atoms with Crippen LogP contribution in [0.4, 0.5) is 17.1 Å². The summed E-state index contributed by atoms with van der Waals surface area (Å²) in [6, 6.07) is 16.5. The van der Waals surface area contributed by atoms with E-state index in [1.54, 1.807) is 30.3 Å². The van der Waals surface area contributed by atoms with Crippen molar-refractivity contribution in [3.63, 3.8) is 0 Å². The van der Waals surface area contributed by atoms with Crippen LogP contribution >= 0.6 is 0 Å². The number of benzene rings is 4. The summed E-state index contributed by atoms with van der Waals surface area (Å²) in [5, 5.41) is 21.0. The molecule has 4 N–H and O–H groups in total. The van der Waals surface area contributed by atoms with Gasteiger partial charge in [0.05, 0.1) is 10.6 Å². The normalized spacial score (nSPS) is 12.0. The molecule has 2 radical (unpaired) electrons. The summed E-state index contributed by atoms with van der Waals surface area (Å²) in [7, 11) is -9.87. The van der Waals surface area contributed by atoms with Crippen molar-refractivity contribution in [1.82, 2.24) is 0 Å². The minimum atomic E-state index is -5.06. The smallest absolute Gasteiger partial charge is 0.296 e. The van der Waals surface area contributed by atoms with Gasteiger partial charge in [-0.25, -0.2) is 0 Å². The molecule has 12 nitrogen and oxygen atoms in total. The standard InChI is InChI=1S/C29H29N3O9S2.2Na/c1-5-29(3,4)19-10-12-20(13-11-19)41-24-9-7-6-8-22(24)31-32-27-25(43(38,39)40)15-18-14-21(42(35,36)37)16-23(30-17(2)33)26(18)28(27)34;;/h6-16,34H,5H2,1-4H3,(H,30,33)(H,35,36,37)(H,38,39,40);;. The third kappa shape index (κ3) is 9.13. The van der Waals surface area contributed by atoms with Gasteiger partial charge in [-0.2, -0.15) is 16.8 Å². The van der Waals surface area contributed by atoms with E-state index in [4.69, 9.17) is 4.74 Å². The molecule has 0 aliphatic rings. The molecule has 4 rings (SSSR count). The summed E-state index contributed by atoms with van der Waals surface area (Å²) in [5.41, 5.74) is 0.284. The molecule has 4 aromatic carbocycles. The molecular formula is C29H29N3Na2O9S2. The first-order chi connectivity index (χ1) is 20.0. The number of carbonyl (C=O) groups excluding carboxylic acids is 1. The van der Waals surface area contributed by atoms with E-state index in [9.17, 15) is 35.8 Å². The summed E-state index contributed by atoms with van der Waals surface area (Å²) in [4.78, 5) is 10.2. The van der Waals surface area contributed by atoms with Gasteiger partial charge in [-0.15, -0.1) is 10.2 Å². The average molecular weight is 674 g/mol. The largest absolute Gasteiger partial charge is 0.505 e. The summed E-state index contributed by atoms with van der Waals surface area (Å²) < 4.78 is 73.7. The fourth-order valence-corrected chi connectivity index (χ4v) is 5.43. The van der Waals surface area contributed by atoms with Crippen molar-refractivity contribution >= 4 is 113 Å². The second-order valence-corrected chi connectivity index (χ2v) is 13.1. The van der Waals surface area contributed by atoms with Crippen molar-refractivity contribution in [1.29, 1.82) is 0 Å². The maximum Gasteiger partial charge on any atom is 0.296 e. The second kappa shape index (κ2) is 15.0. The van der Waals surface area contributed by atoms with Gasteiger partial charge in [0.2, 0.25) is 5.91 Å². The van der Waals surface area contributed by atoms with Crippen molar-refractivity contribution < 1.29 is 40.6 Å². The van der Waals surface area contributed by atoms with Gasteiger partial charge >= 0.3 is 0 Å². The first-order valence-electron chi connectivity index (χ1n) is 12.9. The van der Waals surface area contributed by atoms with Gasteiger partial charge in [-0.1, -0.05) is 45.0 Å². The van der Waals surface area contributed by atoms with E-state index in [0.717, 1.165) is 37.1 Å². The molecule has 0 bridgehead atoms. The van der Waals surface area contributed by atoms with Crippen molar-refractivity contribution in [3.8, 4) is 17.2 Å². The van der Waals surface area contributed by atoms with E-state index in [2.05, 4.69) is 36.3 Å². The molecule has 4 aromatic rings. The molecule has 0 aromatic heterocycles. The number of anilines is 1. The van der Waals surface area contributed by atoms with Crippen LogP contribution in [0.1, 0.15) is 39.7 Å². The van der Waals surface area contributed by atoms with Gasteiger partial charge in [-0.05, 0) is 65.3 Å². The van der Waals surface area contributed by atoms with Crippen molar-refractivity contribution in [2.75, 3.05) is 5.32 Å². The number of aromatic hydroxyl groups is 1. The fourth-order valence-electron chi connectivity index (χ4n) is 4.23. The Bertz CT molecular complexity index is 1980. The number of ether oxygens (including phenoxy) is 1. The van der Waals surface area contributed by atoms with Crippen LogP contribution in [0.2, 0.25) is 0 Å². The number of hydrogen-bond donors (Lipinski definition) is 4. The van der Waals surface area contributed by atoms with Crippen LogP contribution in [0, 0.1) is 0 Å². The molecule has 45 heavy (non-hydrogen) atoms. The number of fused-ring (bicyclic) bond motifs is 1. The molecule has 228 valence electrons. The number of para-hydroxylation sites is 1. The van der Waals surface area contributed by atoms with Crippen LogP contribution in [0.5, 0.6) is 17.2 Å². The van der Waals surface area contributed by atoms with Gasteiger partial charge < -0.3 is 15.2 Å². The Labute approximate surface area is 305 Å². The second-order valence-electron chi connectivity index (χ2n) is 10.3. The van der Waals surface area contributed by atoms with Gasteiger partial charge in [0.25, 0.3) is 20.2 Å². The van der Waals surface area contributed by atoms with Gasteiger partial charge in [-0.3, -0.25) is 13.9 Å². The molecule has 16 heteroatoms. The monoisotopic (exact) mass is 673 g/mol. The molecular weight excluding hydrogens is 644 g/mol. The van der Waals surface area contributed by atoms with E-state index in [1.807, 2.05) is 12.1 Å². The summed E-state index contributed by atoms with van der Waals surface area (Å²) in [6.07, 6.45) is 0.942. The molecule has 0 saturated heterocycles. The molecule has 0 unspecified atom stereocenters. The summed E-state index contributed by atoms with van der Waals surface area (Å²) >= 11 is 0. The molecule has 1 amide bonds. The number of azo groups is 1. The Morgan fingerprint density at radius 3 is 2.09 bits per heavy atom. The summed E-state index contributed by atoms with van der Waals surface area (Å²) in [6.45, 7) is 7.48. The van der Waals surface area contributed by atoms with E-state index >= 15 is 0 Å². The minimum Gasteiger partial charge on any atom is -0.505 e. The molecule has 0 aliphatic heterocycles. The van der Waals surface area contributed by atoms with Crippen molar-refractivity contribution in [3.05, 3.63) is 72.3 Å². The quantitative estimate of drug-likeness (QED) is 0.0919. The third-order valence-electron chi connectivity index (χ3n) is 6.88. The molecule has 0 fully saturated rings. The summed E-state index contributed by atoms with van der Waals surface area (Å²) in [5.74, 6) is -0.751. The molecule has 0 saturated carbocycles. The van der Waals surface area contributed by atoms with E-state index in [0.29, 0.717) is 5.75 Å². The number of hydrogen-bond acceptors (Lipinski definition) is 9. The maximum atomic E-state index is 12.3. The van der Waals surface area contributed by atoms with Crippen LogP contribution in [0.3, 0.4) is 0 Å². The Morgan fingerprint density at radius 2 is 1.53 bits per heavy atom. The third-order valence-corrected chi connectivity index (χ3v) is 8.58. The Morgan fingerprint density at radius 1 is 0.911 bits per heavy atom. The minimum absolute atomic E-state index is 0. The number of phenols is 1. The Hall–Kier alpha value is -2.37. The number of carbonyl (C=O) groups is 1. The van der Waals surface area contributed by atoms with Crippen LogP contribution in [0.15, 0.2) is 86.7 Å². The number of phenolic OH excluding ortho intramolecular Hbond substituents is 1. The number of rotatable bonds is 9. The molecule has 0 spiro atoms. The number of amides is 1. The molecule has 0 heterocycles. The maximum absolute atomic E-state index is 12.3. The van der Waals surface area contributed by atoms with Gasteiger partial charge in [0.1, 0.15) is 22.0 Å². The zero-order valence-electron chi connectivity index (χ0n) is 25.6. The van der Waals surface area contributed by atoms with Crippen LogP contribution in [-0.2, 0) is 30.4 Å². The van der Waals surface area contributed by atoms with Crippen molar-refractivity contribution in [2.24, 2.45) is 10.2 Å². The average Bonchev–Trinajstić information content (AvgIpc) is 2.92. The van der Waals surface area contributed by atoms with Crippen molar-refractivity contribution in [2.45, 2.75) is 49.3 Å². The van der Waals surface area contributed by atoms with Crippen LogP contribution in [0.25, 0.3) is 10.8 Å². The van der Waals surface area contributed by atoms with E-state index in [-0.39, 0.29) is 92.4 Å². The predicted octanol–water partition coefficient (Wildman–Crippen LogP) is 6.13. The van der Waals surface area contributed by atoms with Crippen LogP contribution in [-0.4, -0.2) is 96.1 Å². The van der Waals surface area contributed by atoms with E-state index in [1.165, 1.54) is 6.07 Å².